The topological polar surface area (TPSA) is 81.6 Å². The Morgan fingerprint density at radius 3 is 2.92 bits per heavy atom. The number of anilines is 1. The summed E-state index contributed by atoms with van der Waals surface area (Å²) in [7, 11) is 1.69. The first-order valence-corrected chi connectivity index (χ1v) is 8.61. The molecule has 0 radical (unpaired) electrons. The zero-order valence-corrected chi connectivity index (χ0v) is 17.8. The molecule has 1 amide bonds. The van der Waals surface area contributed by atoms with E-state index in [9.17, 15) is 9.18 Å². The number of nitrogens with zero attached hydrogens (tertiary/aromatic N) is 3. The van der Waals surface area contributed by atoms with Crippen molar-refractivity contribution in [2.45, 2.75) is 38.8 Å². The quantitative estimate of drug-likeness (QED) is 0.328. The number of carbonyl (C=O) groups excluding carboxylic acids is 1. The average molecular weight is 478 g/mol. The molecular weight excluding hydrogens is 450 g/mol. The predicted octanol–water partition coefficient (Wildman–Crippen LogP) is 1.50. The normalized spacial score (nSPS) is 17.0. The lowest BCUT2D eigenvalue weighted by Gasteiger charge is -2.20. The van der Waals surface area contributed by atoms with Gasteiger partial charge in [0, 0.05) is 51.4 Å². The highest BCUT2D eigenvalue weighted by Gasteiger charge is 2.25. The summed E-state index contributed by atoms with van der Waals surface area (Å²) in [6, 6.07) is 3.30. The number of hydrogen-bond donors (Lipinski definition) is 3. The molecule has 0 saturated carbocycles. The summed E-state index contributed by atoms with van der Waals surface area (Å²) in [5, 5.41) is 9.30. The molecule has 1 saturated heterocycles. The van der Waals surface area contributed by atoms with E-state index < -0.39 is 0 Å². The SMILES string of the molecule is CN=C(NCCC(=O)NC(C)C)NC1CCN(c2ncccc2F)C1.I. The Bertz CT molecular complexity index is 613. The number of amides is 1. The summed E-state index contributed by atoms with van der Waals surface area (Å²) >= 11 is 0. The molecule has 0 spiro atoms. The van der Waals surface area contributed by atoms with Gasteiger partial charge in [0.2, 0.25) is 5.91 Å². The van der Waals surface area contributed by atoms with Gasteiger partial charge in [-0.15, -0.1) is 24.0 Å². The number of halogens is 2. The fraction of sp³-hybridized carbons (Fsp3) is 0.588. The van der Waals surface area contributed by atoms with Crippen molar-refractivity contribution in [2.75, 3.05) is 31.6 Å². The highest BCUT2D eigenvalue weighted by Crippen LogP contribution is 2.20. The first-order chi connectivity index (χ1) is 12.0. The van der Waals surface area contributed by atoms with E-state index in [0.29, 0.717) is 31.3 Å². The molecule has 3 N–H and O–H groups in total. The van der Waals surface area contributed by atoms with Gasteiger partial charge in [-0.2, -0.15) is 0 Å². The Balaban J connectivity index is 0.00000338. The van der Waals surface area contributed by atoms with Crippen LogP contribution in [-0.2, 0) is 4.79 Å². The number of pyridine rings is 1. The van der Waals surface area contributed by atoms with Crippen molar-refractivity contribution in [1.82, 2.24) is 20.9 Å². The molecule has 26 heavy (non-hydrogen) atoms. The molecule has 146 valence electrons. The summed E-state index contributed by atoms with van der Waals surface area (Å²) in [4.78, 5) is 21.9. The third kappa shape index (κ3) is 6.93. The molecule has 1 aliphatic heterocycles. The molecule has 1 atom stereocenters. The predicted molar refractivity (Wildman–Crippen MR) is 113 cm³/mol. The molecule has 1 aromatic heterocycles. The van der Waals surface area contributed by atoms with Gasteiger partial charge >= 0.3 is 0 Å². The lowest BCUT2D eigenvalue weighted by atomic mass is 10.3. The zero-order chi connectivity index (χ0) is 18.2. The molecular formula is C17H28FIN6O. The second-order valence-corrected chi connectivity index (χ2v) is 6.36. The highest BCUT2D eigenvalue weighted by molar-refractivity contribution is 14.0. The van der Waals surface area contributed by atoms with Crippen LogP contribution in [0, 0.1) is 5.82 Å². The molecule has 2 rings (SSSR count). The van der Waals surface area contributed by atoms with E-state index in [-0.39, 0.29) is 47.8 Å². The van der Waals surface area contributed by atoms with E-state index >= 15 is 0 Å². The second-order valence-electron chi connectivity index (χ2n) is 6.36. The molecule has 1 unspecified atom stereocenters. The standard InChI is InChI=1S/C17H27FN6O.HI/c1-12(2)22-15(25)6-9-21-17(19-3)23-13-7-10-24(11-13)16-14(18)5-4-8-20-16;/h4-5,8,12-13H,6-7,9-11H2,1-3H3,(H,22,25)(H2,19,21,23);1H. The Kier molecular flexibility index (Phi) is 9.60. The smallest absolute Gasteiger partial charge is 0.221 e. The van der Waals surface area contributed by atoms with E-state index in [4.69, 9.17) is 0 Å². The minimum Gasteiger partial charge on any atom is -0.356 e. The monoisotopic (exact) mass is 478 g/mol. The molecule has 2 heterocycles. The fourth-order valence-corrected chi connectivity index (χ4v) is 2.76. The Hall–Kier alpha value is -1.65. The Morgan fingerprint density at radius 1 is 1.50 bits per heavy atom. The van der Waals surface area contributed by atoms with E-state index in [1.807, 2.05) is 18.7 Å². The molecule has 1 aliphatic rings. The van der Waals surface area contributed by atoms with Gasteiger partial charge in [0.05, 0.1) is 0 Å². The van der Waals surface area contributed by atoms with Crippen molar-refractivity contribution in [2.24, 2.45) is 4.99 Å². The molecule has 7 nitrogen and oxygen atoms in total. The van der Waals surface area contributed by atoms with Gasteiger partial charge in [-0.25, -0.2) is 9.37 Å². The van der Waals surface area contributed by atoms with Crippen LogP contribution in [0.25, 0.3) is 0 Å². The number of carbonyl (C=O) groups is 1. The summed E-state index contributed by atoms with van der Waals surface area (Å²) in [5.41, 5.74) is 0. The van der Waals surface area contributed by atoms with E-state index in [2.05, 4.69) is 25.9 Å². The minimum absolute atomic E-state index is 0. The van der Waals surface area contributed by atoms with Crippen molar-refractivity contribution in [3.8, 4) is 0 Å². The van der Waals surface area contributed by atoms with E-state index in [1.54, 1.807) is 19.3 Å². The van der Waals surface area contributed by atoms with Crippen LogP contribution in [0.5, 0.6) is 0 Å². The van der Waals surface area contributed by atoms with Gasteiger partial charge < -0.3 is 20.9 Å². The molecule has 9 heteroatoms. The van der Waals surface area contributed by atoms with Crippen LogP contribution in [0.4, 0.5) is 10.2 Å². The van der Waals surface area contributed by atoms with Crippen LogP contribution >= 0.6 is 24.0 Å². The average Bonchev–Trinajstić information content (AvgIpc) is 3.02. The van der Waals surface area contributed by atoms with Crippen LogP contribution in [0.2, 0.25) is 0 Å². The Labute approximate surface area is 171 Å². The van der Waals surface area contributed by atoms with Gasteiger partial charge in [0.1, 0.15) is 0 Å². The molecule has 0 bridgehead atoms. The lowest BCUT2D eigenvalue weighted by Crippen LogP contribution is -2.45. The summed E-state index contributed by atoms with van der Waals surface area (Å²) in [5.74, 6) is 0.739. The number of rotatable bonds is 6. The van der Waals surface area contributed by atoms with Gasteiger partial charge in [0.15, 0.2) is 17.6 Å². The van der Waals surface area contributed by atoms with Gasteiger partial charge in [0.25, 0.3) is 0 Å². The van der Waals surface area contributed by atoms with Crippen LogP contribution in [0.15, 0.2) is 23.3 Å². The third-order valence-electron chi connectivity index (χ3n) is 3.89. The number of nitrogens with one attached hydrogen (secondary N) is 3. The van der Waals surface area contributed by atoms with Crippen LogP contribution in [0.3, 0.4) is 0 Å². The number of aliphatic imine (C=N–C) groups is 1. The minimum atomic E-state index is -0.304. The number of guanidine groups is 1. The summed E-state index contributed by atoms with van der Waals surface area (Å²) in [6.45, 7) is 5.76. The van der Waals surface area contributed by atoms with Gasteiger partial charge in [-0.05, 0) is 32.4 Å². The van der Waals surface area contributed by atoms with Crippen molar-refractivity contribution >= 4 is 41.7 Å². The van der Waals surface area contributed by atoms with Crippen molar-refractivity contribution in [1.29, 1.82) is 0 Å². The lowest BCUT2D eigenvalue weighted by molar-refractivity contribution is -0.121. The van der Waals surface area contributed by atoms with Crippen LogP contribution in [-0.4, -0.2) is 55.6 Å². The maximum absolute atomic E-state index is 13.8. The number of hydrogen-bond acceptors (Lipinski definition) is 4. The van der Waals surface area contributed by atoms with E-state index in [1.165, 1.54) is 6.07 Å². The zero-order valence-electron chi connectivity index (χ0n) is 15.5. The van der Waals surface area contributed by atoms with Crippen molar-refractivity contribution in [3.63, 3.8) is 0 Å². The molecule has 1 aromatic rings. The first kappa shape index (κ1) is 22.4. The van der Waals surface area contributed by atoms with Crippen LogP contribution in [0.1, 0.15) is 26.7 Å². The van der Waals surface area contributed by atoms with Crippen molar-refractivity contribution in [3.05, 3.63) is 24.1 Å². The first-order valence-electron chi connectivity index (χ1n) is 8.61. The summed E-state index contributed by atoms with van der Waals surface area (Å²) < 4.78 is 13.8. The van der Waals surface area contributed by atoms with Gasteiger partial charge in [-0.1, -0.05) is 0 Å². The third-order valence-corrected chi connectivity index (χ3v) is 3.89. The summed E-state index contributed by atoms with van der Waals surface area (Å²) in [6.07, 6.45) is 2.85. The van der Waals surface area contributed by atoms with Crippen molar-refractivity contribution < 1.29 is 9.18 Å². The van der Waals surface area contributed by atoms with Crippen LogP contribution < -0.4 is 20.9 Å². The number of aromatic nitrogens is 1. The molecule has 0 aliphatic carbocycles. The maximum Gasteiger partial charge on any atom is 0.221 e. The maximum atomic E-state index is 13.8. The van der Waals surface area contributed by atoms with E-state index in [0.717, 1.165) is 13.0 Å². The Morgan fingerprint density at radius 2 is 2.27 bits per heavy atom. The highest BCUT2D eigenvalue weighted by atomic mass is 127. The second kappa shape index (κ2) is 11.1. The largest absolute Gasteiger partial charge is 0.356 e. The fourth-order valence-electron chi connectivity index (χ4n) is 2.76. The molecule has 0 aromatic carbocycles. The molecule has 1 fully saturated rings. The van der Waals surface area contributed by atoms with Gasteiger partial charge in [-0.3, -0.25) is 9.79 Å².